The molecule has 0 N–H and O–H groups in total. The smallest absolute Gasteiger partial charge is 0.0362 e. The summed E-state index contributed by atoms with van der Waals surface area (Å²) in [5, 5.41) is 8.12. The van der Waals surface area contributed by atoms with Crippen molar-refractivity contribution < 1.29 is 0 Å². The lowest BCUT2D eigenvalue weighted by Crippen LogP contribution is -1.79. The van der Waals surface area contributed by atoms with Gasteiger partial charge in [0.1, 0.15) is 0 Å². The summed E-state index contributed by atoms with van der Waals surface area (Å²) in [5.41, 5.74) is 2.75. The van der Waals surface area contributed by atoms with E-state index in [1.807, 2.05) is 11.3 Å². The second-order valence-electron chi connectivity index (χ2n) is 6.39. The van der Waals surface area contributed by atoms with Gasteiger partial charge in [-0.1, -0.05) is 36.4 Å². The standard InChI is InChI=1S/C22H16S/c1-13-9-19-20-11-16-8-7-15-5-3-4-6-17(15)18(16)12-22(20)23-21(19)10-14(13)2/h3-12H,1-2H3. The van der Waals surface area contributed by atoms with Gasteiger partial charge in [0.2, 0.25) is 0 Å². The SMILES string of the molecule is Cc1cc2sc3cc4c(ccc5ccccc54)cc3c2cc1C. The lowest BCUT2D eigenvalue weighted by atomic mass is 9.99. The number of benzene rings is 4. The quantitative estimate of drug-likeness (QED) is 0.271. The molecule has 0 aliphatic rings. The molecule has 1 heterocycles. The van der Waals surface area contributed by atoms with E-state index in [9.17, 15) is 0 Å². The Labute approximate surface area is 139 Å². The molecule has 1 heteroatoms. The molecule has 0 aliphatic carbocycles. The van der Waals surface area contributed by atoms with Crippen LogP contribution in [0.5, 0.6) is 0 Å². The highest BCUT2D eigenvalue weighted by atomic mass is 32.1. The molecule has 0 saturated heterocycles. The maximum absolute atomic E-state index is 2.38. The van der Waals surface area contributed by atoms with E-state index < -0.39 is 0 Å². The summed E-state index contributed by atoms with van der Waals surface area (Å²) in [4.78, 5) is 0. The highest BCUT2D eigenvalue weighted by Gasteiger charge is 2.09. The fourth-order valence-electron chi connectivity index (χ4n) is 3.53. The molecular weight excluding hydrogens is 296 g/mol. The minimum atomic E-state index is 1.31. The van der Waals surface area contributed by atoms with Crippen LogP contribution in [0.4, 0.5) is 0 Å². The maximum Gasteiger partial charge on any atom is 0.0362 e. The van der Waals surface area contributed by atoms with Crippen molar-refractivity contribution in [2.75, 3.05) is 0 Å². The molecule has 5 rings (SSSR count). The third kappa shape index (κ3) is 1.83. The number of thiophene rings is 1. The summed E-state index contributed by atoms with van der Waals surface area (Å²) in [6, 6.07) is 22.6. The van der Waals surface area contributed by atoms with Crippen molar-refractivity contribution in [3.63, 3.8) is 0 Å². The first-order chi connectivity index (χ1) is 11.2. The van der Waals surface area contributed by atoms with Crippen LogP contribution in [-0.4, -0.2) is 0 Å². The zero-order valence-electron chi connectivity index (χ0n) is 13.2. The average Bonchev–Trinajstić information content (AvgIpc) is 2.90. The Morgan fingerprint density at radius 1 is 0.565 bits per heavy atom. The minimum absolute atomic E-state index is 1.31. The van der Waals surface area contributed by atoms with Crippen molar-refractivity contribution in [2.24, 2.45) is 0 Å². The molecule has 0 atom stereocenters. The molecular formula is C22H16S. The van der Waals surface area contributed by atoms with E-state index in [2.05, 4.69) is 74.5 Å². The van der Waals surface area contributed by atoms with Crippen LogP contribution in [0.2, 0.25) is 0 Å². The number of hydrogen-bond acceptors (Lipinski definition) is 1. The summed E-state index contributed by atoms with van der Waals surface area (Å²) < 4.78 is 2.77. The van der Waals surface area contributed by atoms with E-state index in [1.54, 1.807) is 0 Å². The molecule has 0 radical (unpaired) electrons. The van der Waals surface area contributed by atoms with E-state index in [0.717, 1.165) is 0 Å². The van der Waals surface area contributed by atoms with E-state index >= 15 is 0 Å². The normalized spacial score (nSPS) is 11.9. The average molecular weight is 312 g/mol. The molecule has 23 heavy (non-hydrogen) atoms. The van der Waals surface area contributed by atoms with Crippen LogP contribution in [0.25, 0.3) is 41.7 Å². The lowest BCUT2D eigenvalue weighted by molar-refractivity contribution is 1.37. The Bertz CT molecular complexity index is 1220. The molecule has 1 aromatic heterocycles. The number of aryl methyl sites for hydroxylation is 2. The fourth-order valence-corrected chi connectivity index (χ4v) is 4.74. The third-order valence-electron chi connectivity index (χ3n) is 4.95. The molecule has 0 unspecified atom stereocenters. The van der Waals surface area contributed by atoms with Gasteiger partial charge in [-0.25, -0.2) is 0 Å². The maximum atomic E-state index is 2.38. The zero-order chi connectivity index (χ0) is 15.6. The van der Waals surface area contributed by atoms with Gasteiger partial charge in [-0.05, 0) is 70.8 Å². The Hall–Kier alpha value is -2.38. The van der Waals surface area contributed by atoms with E-state index in [-0.39, 0.29) is 0 Å². The van der Waals surface area contributed by atoms with Gasteiger partial charge < -0.3 is 0 Å². The van der Waals surface area contributed by atoms with Crippen LogP contribution in [0.3, 0.4) is 0 Å². The third-order valence-corrected chi connectivity index (χ3v) is 6.07. The van der Waals surface area contributed by atoms with Crippen LogP contribution in [0.15, 0.2) is 60.7 Å². The Morgan fingerprint density at radius 2 is 1.26 bits per heavy atom. The molecule has 0 fully saturated rings. The summed E-state index contributed by atoms with van der Waals surface area (Å²) in [5.74, 6) is 0. The Morgan fingerprint density at radius 3 is 2.17 bits per heavy atom. The Balaban J connectivity index is 1.99. The van der Waals surface area contributed by atoms with Gasteiger partial charge in [0, 0.05) is 20.2 Å². The number of fused-ring (bicyclic) bond motifs is 6. The molecule has 110 valence electrons. The summed E-state index contributed by atoms with van der Waals surface area (Å²) >= 11 is 1.91. The van der Waals surface area contributed by atoms with Gasteiger partial charge in [-0.15, -0.1) is 11.3 Å². The lowest BCUT2D eigenvalue weighted by Gasteiger charge is -2.04. The molecule has 4 aromatic carbocycles. The van der Waals surface area contributed by atoms with Gasteiger partial charge in [-0.3, -0.25) is 0 Å². The molecule has 5 aromatic rings. The van der Waals surface area contributed by atoms with Gasteiger partial charge >= 0.3 is 0 Å². The van der Waals surface area contributed by atoms with Crippen LogP contribution >= 0.6 is 11.3 Å². The molecule has 0 bridgehead atoms. The molecule has 0 aliphatic heterocycles. The monoisotopic (exact) mass is 312 g/mol. The molecule has 0 nitrogen and oxygen atoms in total. The van der Waals surface area contributed by atoms with Crippen LogP contribution in [-0.2, 0) is 0 Å². The van der Waals surface area contributed by atoms with Crippen LogP contribution in [0.1, 0.15) is 11.1 Å². The molecule has 0 saturated carbocycles. The summed E-state index contributed by atoms with van der Waals surface area (Å²) in [7, 11) is 0. The minimum Gasteiger partial charge on any atom is -0.135 e. The topological polar surface area (TPSA) is 0 Å². The van der Waals surface area contributed by atoms with E-state index in [1.165, 1.54) is 52.8 Å². The summed E-state index contributed by atoms with van der Waals surface area (Å²) in [6.45, 7) is 4.40. The van der Waals surface area contributed by atoms with Gasteiger partial charge in [-0.2, -0.15) is 0 Å². The largest absolute Gasteiger partial charge is 0.135 e. The van der Waals surface area contributed by atoms with Gasteiger partial charge in [0.15, 0.2) is 0 Å². The summed E-state index contributed by atoms with van der Waals surface area (Å²) in [6.07, 6.45) is 0. The zero-order valence-corrected chi connectivity index (χ0v) is 14.0. The highest BCUT2D eigenvalue weighted by Crippen LogP contribution is 2.39. The second-order valence-corrected chi connectivity index (χ2v) is 7.47. The Kier molecular flexibility index (Phi) is 2.60. The first kappa shape index (κ1) is 13.1. The van der Waals surface area contributed by atoms with Crippen molar-refractivity contribution in [2.45, 2.75) is 13.8 Å². The van der Waals surface area contributed by atoms with Crippen molar-refractivity contribution in [3.05, 3.63) is 71.8 Å². The first-order valence-electron chi connectivity index (χ1n) is 7.96. The molecule has 0 spiro atoms. The van der Waals surface area contributed by atoms with Crippen LogP contribution in [0, 0.1) is 13.8 Å². The second kappa shape index (κ2) is 4.56. The molecule has 0 amide bonds. The van der Waals surface area contributed by atoms with E-state index in [4.69, 9.17) is 0 Å². The predicted octanol–water partition coefficient (Wildman–Crippen LogP) is 6.98. The fraction of sp³-hybridized carbons (Fsp3) is 0.0909. The van der Waals surface area contributed by atoms with Crippen molar-refractivity contribution in [1.82, 2.24) is 0 Å². The van der Waals surface area contributed by atoms with Crippen molar-refractivity contribution in [3.8, 4) is 0 Å². The van der Waals surface area contributed by atoms with Crippen LogP contribution < -0.4 is 0 Å². The van der Waals surface area contributed by atoms with Gasteiger partial charge in [0.05, 0.1) is 0 Å². The van der Waals surface area contributed by atoms with Crippen molar-refractivity contribution >= 4 is 53.1 Å². The van der Waals surface area contributed by atoms with Crippen molar-refractivity contribution in [1.29, 1.82) is 0 Å². The van der Waals surface area contributed by atoms with E-state index in [0.29, 0.717) is 0 Å². The number of hydrogen-bond donors (Lipinski definition) is 0. The first-order valence-corrected chi connectivity index (χ1v) is 8.77. The number of rotatable bonds is 0. The predicted molar refractivity (Wildman–Crippen MR) is 104 cm³/mol. The highest BCUT2D eigenvalue weighted by molar-refractivity contribution is 7.25. The van der Waals surface area contributed by atoms with Gasteiger partial charge in [0.25, 0.3) is 0 Å².